The van der Waals surface area contributed by atoms with Crippen molar-refractivity contribution in [1.29, 1.82) is 0 Å². The van der Waals surface area contributed by atoms with E-state index in [9.17, 15) is 9.18 Å². The van der Waals surface area contributed by atoms with Gasteiger partial charge in [0.05, 0.1) is 13.3 Å². The second-order valence-corrected chi connectivity index (χ2v) is 4.52. The van der Waals surface area contributed by atoms with Crippen LogP contribution in [0, 0.1) is 5.82 Å². The minimum absolute atomic E-state index is 0.209. The van der Waals surface area contributed by atoms with E-state index in [1.165, 1.54) is 19.4 Å². The van der Waals surface area contributed by atoms with Crippen LogP contribution in [0.4, 0.5) is 4.39 Å². The normalized spacial score (nSPS) is 20.7. The molecule has 1 fully saturated rings. The quantitative estimate of drug-likeness (QED) is 0.769. The van der Waals surface area contributed by atoms with Gasteiger partial charge in [0.15, 0.2) is 0 Å². The number of aromatic nitrogens is 1. The van der Waals surface area contributed by atoms with E-state index in [-0.39, 0.29) is 17.8 Å². The Bertz CT molecular complexity index is 425. The Hall–Kier alpha value is -1.49. The van der Waals surface area contributed by atoms with Crippen molar-refractivity contribution in [3.63, 3.8) is 0 Å². The highest BCUT2D eigenvalue weighted by molar-refractivity contribution is 5.75. The van der Waals surface area contributed by atoms with Crippen molar-refractivity contribution >= 4 is 5.97 Å². The Morgan fingerprint density at radius 3 is 3.11 bits per heavy atom. The largest absolute Gasteiger partial charge is 0.468 e. The summed E-state index contributed by atoms with van der Waals surface area (Å²) in [5.74, 6) is -0.557. The topological polar surface area (TPSA) is 42.4 Å². The van der Waals surface area contributed by atoms with E-state index < -0.39 is 0 Å². The van der Waals surface area contributed by atoms with E-state index in [1.54, 1.807) is 6.20 Å². The van der Waals surface area contributed by atoms with Crippen LogP contribution in [-0.2, 0) is 16.1 Å². The number of ether oxygens (including phenoxy) is 1. The van der Waals surface area contributed by atoms with Crippen LogP contribution in [0.1, 0.15) is 24.8 Å². The number of methoxy groups -OCH3 is 1. The first-order chi connectivity index (χ1) is 8.70. The first kappa shape index (κ1) is 13.0. The van der Waals surface area contributed by atoms with Crippen LogP contribution in [0.5, 0.6) is 0 Å². The minimum Gasteiger partial charge on any atom is -0.468 e. The third kappa shape index (κ3) is 3.04. The first-order valence-corrected chi connectivity index (χ1v) is 6.12. The molecule has 1 aliphatic heterocycles. The van der Waals surface area contributed by atoms with Crippen molar-refractivity contribution in [2.45, 2.75) is 31.8 Å². The summed E-state index contributed by atoms with van der Waals surface area (Å²) in [4.78, 5) is 17.5. The van der Waals surface area contributed by atoms with Crippen LogP contribution in [-0.4, -0.2) is 35.5 Å². The molecule has 1 atom stereocenters. The Kier molecular flexibility index (Phi) is 4.25. The second kappa shape index (κ2) is 5.91. The van der Waals surface area contributed by atoms with Crippen molar-refractivity contribution < 1.29 is 13.9 Å². The summed E-state index contributed by atoms with van der Waals surface area (Å²) in [6, 6.07) is 1.24. The number of rotatable bonds is 3. The zero-order chi connectivity index (χ0) is 13.0. The van der Waals surface area contributed by atoms with Crippen LogP contribution < -0.4 is 0 Å². The number of esters is 1. The van der Waals surface area contributed by atoms with Crippen LogP contribution in [0.15, 0.2) is 18.5 Å². The lowest BCUT2D eigenvalue weighted by molar-refractivity contribution is -0.148. The minimum atomic E-state index is -0.348. The number of nitrogens with zero attached hydrogens (tertiary/aromatic N) is 2. The Balaban J connectivity index is 2.07. The molecule has 0 bridgehead atoms. The van der Waals surface area contributed by atoms with Crippen LogP contribution in [0.3, 0.4) is 0 Å². The fourth-order valence-electron chi connectivity index (χ4n) is 2.36. The van der Waals surface area contributed by atoms with Gasteiger partial charge in [0, 0.05) is 12.7 Å². The van der Waals surface area contributed by atoms with Crippen molar-refractivity contribution in [1.82, 2.24) is 9.88 Å². The molecular formula is C13H17FN2O2. The Morgan fingerprint density at radius 2 is 2.39 bits per heavy atom. The Labute approximate surface area is 106 Å². The predicted molar refractivity (Wildman–Crippen MR) is 64.3 cm³/mol. The monoisotopic (exact) mass is 252 g/mol. The smallest absolute Gasteiger partial charge is 0.323 e. The van der Waals surface area contributed by atoms with Gasteiger partial charge in [-0.3, -0.25) is 14.7 Å². The maximum Gasteiger partial charge on any atom is 0.323 e. The van der Waals surface area contributed by atoms with Gasteiger partial charge in [-0.05, 0) is 31.0 Å². The predicted octanol–water partition coefficient (Wildman–Crippen LogP) is 1.75. The fraction of sp³-hybridized carbons (Fsp3) is 0.538. The molecular weight excluding hydrogens is 235 g/mol. The molecule has 0 unspecified atom stereocenters. The van der Waals surface area contributed by atoms with Crippen molar-refractivity contribution in [2.24, 2.45) is 0 Å². The van der Waals surface area contributed by atoms with Crippen LogP contribution in [0.25, 0.3) is 0 Å². The number of piperidine rings is 1. The van der Waals surface area contributed by atoms with Gasteiger partial charge in [0.25, 0.3) is 0 Å². The van der Waals surface area contributed by atoms with E-state index in [2.05, 4.69) is 4.98 Å². The summed E-state index contributed by atoms with van der Waals surface area (Å²) in [7, 11) is 1.40. The van der Waals surface area contributed by atoms with Gasteiger partial charge in [-0.25, -0.2) is 4.39 Å². The molecule has 2 rings (SSSR count). The van der Waals surface area contributed by atoms with Gasteiger partial charge in [-0.15, -0.1) is 0 Å². The molecule has 4 nitrogen and oxygen atoms in total. The number of hydrogen-bond acceptors (Lipinski definition) is 4. The van der Waals surface area contributed by atoms with E-state index in [4.69, 9.17) is 4.74 Å². The third-order valence-corrected chi connectivity index (χ3v) is 3.23. The second-order valence-electron chi connectivity index (χ2n) is 4.52. The van der Waals surface area contributed by atoms with Crippen molar-refractivity contribution in [3.05, 3.63) is 29.8 Å². The SMILES string of the molecule is COC(=O)[C@H]1CCCCN1Cc1cncc(F)c1. The van der Waals surface area contributed by atoms with Crippen molar-refractivity contribution in [3.8, 4) is 0 Å². The molecule has 0 spiro atoms. The molecule has 0 aromatic carbocycles. The van der Waals surface area contributed by atoms with E-state index in [1.807, 2.05) is 4.90 Å². The average molecular weight is 252 g/mol. The highest BCUT2D eigenvalue weighted by Gasteiger charge is 2.29. The maximum absolute atomic E-state index is 13.1. The molecule has 2 heterocycles. The summed E-state index contributed by atoms with van der Waals surface area (Å²) in [5, 5.41) is 0. The highest BCUT2D eigenvalue weighted by Crippen LogP contribution is 2.20. The number of pyridine rings is 1. The van der Waals surface area contributed by atoms with E-state index in [0.29, 0.717) is 6.54 Å². The zero-order valence-electron chi connectivity index (χ0n) is 10.4. The van der Waals surface area contributed by atoms with E-state index in [0.717, 1.165) is 31.4 Å². The van der Waals surface area contributed by atoms with Gasteiger partial charge in [0.1, 0.15) is 11.9 Å². The van der Waals surface area contributed by atoms with Crippen molar-refractivity contribution in [2.75, 3.05) is 13.7 Å². The molecule has 1 saturated heterocycles. The van der Waals surface area contributed by atoms with Gasteiger partial charge in [-0.1, -0.05) is 6.42 Å². The molecule has 0 aliphatic carbocycles. The molecule has 0 amide bonds. The molecule has 98 valence electrons. The highest BCUT2D eigenvalue weighted by atomic mass is 19.1. The summed E-state index contributed by atoms with van der Waals surface area (Å²) < 4.78 is 17.9. The summed E-state index contributed by atoms with van der Waals surface area (Å²) in [6.07, 6.45) is 5.69. The van der Waals surface area contributed by atoms with E-state index >= 15 is 0 Å². The lowest BCUT2D eigenvalue weighted by atomic mass is 10.0. The molecule has 1 aromatic heterocycles. The number of likely N-dealkylation sites (tertiary alicyclic amines) is 1. The van der Waals surface area contributed by atoms with Gasteiger partial charge >= 0.3 is 5.97 Å². The lowest BCUT2D eigenvalue weighted by Crippen LogP contribution is -2.44. The summed E-state index contributed by atoms with van der Waals surface area (Å²) in [6.45, 7) is 1.36. The molecule has 0 N–H and O–H groups in total. The Morgan fingerprint density at radius 1 is 1.56 bits per heavy atom. The lowest BCUT2D eigenvalue weighted by Gasteiger charge is -2.33. The number of carbonyl (C=O) groups excluding carboxylic acids is 1. The third-order valence-electron chi connectivity index (χ3n) is 3.23. The zero-order valence-corrected chi connectivity index (χ0v) is 10.4. The first-order valence-electron chi connectivity index (χ1n) is 6.12. The molecule has 0 saturated carbocycles. The molecule has 18 heavy (non-hydrogen) atoms. The van der Waals surface area contributed by atoms with Crippen LogP contribution >= 0.6 is 0 Å². The maximum atomic E-state index is 13.1. The van der Waals surface area contributed by atoms with Gasteiger partial charge in [0.2, 0.25) is 0 Å². The fourth-order valence-corrected chi connectivity index (χ4v) is 2.36. The molecule has 0 radical (unpaired) electrons. The average Bonchev–Trinajstić information content (AvgIpc) is 2.38. The van der Waals surface area contributed by atoms with Crippen LogP contribution in [0.2, 0.25) is 0 Å². The number of hydrogen-bond donors (Lipinski definition) is 0. The summed E-state index contributed by atoms with van der Waals surface area (Å²) in [5.41, 5.74) is 0.783. The molecule has 1 aromatic rings. The standard InChI is InChI=1S/C13H17FN2O2/c1-18-13(17)12-4-2-3-5-16(12)9-10-6-11(14)8-15-7-10/h6-8,12H,2-5,9H2,1H3/t12-/m1/s1. The molecule has 5 heteroatoms. The van der Waals surface area contributed by atoms with Gasteiger partial charge in [-0.2, -0.15) is 0 Å². The summed E-state index contributed by atoms with van der Waals surface area (Å²) >= 11 is 0. The number of carbonyl (C=O) groups is 1. The number of halogens is 1. The van der Waals surface area contributed by atoms with Gasteiger partial charge < -0.3 is 4.74 Å². The molecule has 1 aliphatic rings.